The van der Waals surface area contributed by atoms with E-state index in [1.165, 1.54) is 13.0 Å². The van der Waals surface area contributed by atoms with Crippen LogP contribution in [-0.4, -0.2) is 130 Å². The number of benzene rings is 3. The van der Waals surface area contributed by atoms with Gasteiger partial charge in [0.1, 0.15) is 5.82 Å². The van der Waals surface area contributed by atoms with E-state index >= 15 is 4.39 Å². The molecule has 0 aliphatic carbocycles. The summed E-state index contributed by atoms with van der Waals surface area (Å²) in [4.78, 5) is 76.5. The normalized spacial score (nSPS) is 16.8. The van der Waals surface area contributed by atoms with Crippen molar-refractivity contribution in [1.29, 1.82) is 0 Å². The van der Waals surface area contributed by atoms with Crippen molar-refractivity contribution in [2.24, 2.45) is 0 Å². The lowest BCUT2D eigenvalue weighted by atomic mass is 10.0. The van der Waals surface area contributed by atoms with E-state index in [0.717, 1.165) is 37.1 Å². The number of piperidine rings is 2. The number of ether oxygens (including phenoxy) is 1. The molecule has 3 saturated heterocycles. The molecule has 8 rings (SSSR count). The van der Waals surface area contributed by atoms with Crippen molar-refractivity contribution in [1.82, 2.24) is 34.8 Å². The number of carbonyl (C=O) groups excluding carboxylic acids is 4. The maximum atomic E-state index is 15.0. The van der Waals surface area contributed by atoms with Gasteiger partial charge in [-0.05, 0) is 61.1 Å². The zero-order chi connectivity index (χ0) is 42.5. The lowest BCUT2D eigenvalue weighted by Crippen LogP contribution is -2.53. The largest absolute Gasteiger partial charge is 0.375 e. The molecule has 14 nitrogen and oxygen atoms in total. The number of aromatic amines is 1. The standard InChI is InChI=1S/C46H49FN8O6/c1-30(56)49-41-27-33(32-7-3-2-4-8-32)28-48-43(41)46(60)54-19-15-35(16-20-54)61-34-13-17-52(18-14-34)29-42(57)53-21-23-55(24-22-53)45(59)38-25-31(11-12-39(38)47)26-40-36-9-5-6-10-37(36)44(58)51-50-40/h2-12,25,27-28,34-35H,13-24,26,29H2,1H3,(H,49,56)(H,51,58). The van der Waals surface area contributed by atoms with Crippen molar-refractivity contribution in [3.8, 4) is 11.1 Å². The number of H-pyrrole nitrogens is 1. The number of aromatic nitrogens is 3. The third-order valence-corrected chi connectivity index (χ3v) is 11.8. The van der Waals surface area contributed by atoms with Crippen LogP contribution in [0.4, 0.5) is 10.1 Å². The van der Waals surface area contributed by atoms with Gasteiger partial charge in [-0.25, -0.2) is 14.5 Å². The zero-order valence-corrected chi connectivity index (χ0v) is 34.1. The number of carbonyl (C=O) groups is 4. The Morgan fingerprint density at radius 1 is 0.754 bits per heavy atom. The number of nitrogens with one attached hydrogen (secondary N) is 2. The Balaban J connectivity index is 0.769. The molecule has 0 bridgehead atoms. The van der Waals surface area contributed by atoms with Crippen molar-refractivity contribution < 1.29 is 28.3 Å². The predicted octanol–water partition coefficient (Wildman–Crippen LogP) is 4.74. The molecule has 316 valence electrons. The summed E-state index contributed by atoms with van der Waals surface area (Å²) in [6.45, 7) is 5.51. The summed E-state index contributed by atoms with van der Waals surface area (Å²) in [5.74, 6) is -1.53. The highest BCUT2D eigenvalue weighted by Gasteiger charge is 2.32. The molecule has 0 radical (unpaired) electrons. The molecule has 5 aromatic rings. The molecule has 0 atom stereocenters. The van der Waals surface area contributed by atoms with Gasteiger partial charge in [-0.3, -0.25) is 28.9 Å². The van der Waals surface area contributed by atoms with E-state index < -0.39 is 11.7 Å². The van der Waals surface area contributed by atoms with Crippen LogP contribution in [0.1, 0.15) is 64.7 Å². The third kappa shape index (κ3) is 9.68. The molecule has 0 saturated carbocycles. The second-order valence-corrected chi connectivity index (χ2v) is 16.0. The smallest absolute Gasteiger partial charge is 0.274 e. The highest BCUT2D eigenvalue weighted by Crippen LogP contribution is 2.28. The summed E-state index contributed by atoms with van der Waals surface area (Å²) in [6, 6.07) is 23.1. The molecular formula is C46H49FN8O6. The number of rotatable bonds is 10. The Bertz CT molecular complexity index is 2470. The fourth-order valence-electron chi connectivity index (χ4n) is 8.50. The number of likely N-dealkylation sites (tertiary alicyclic amines) is 2. The van der Waals surface area contributed by atoms with Crippen molar-refractivity contribution in [3.63, 3.8) is 0 Å². The van der Waals surface area contributed by atoms with Crippen molar-refractivity contribution in [3.05, 3.63) is 124 Å². The molecule has 0 unspecified atom stereocenters. The molecule has 4 amide bonds. The Kier molecular flexibility index (Phi) is 12.6. The first-order valence-corrected chi connectivity index (χ1v) is 20.9. The maximum Gasteiger partial charge on any atom is 0.274 e. The van der Waals surface area contributed by atoms with Gasteiger partial charge >= 0.3 is 0 Å². The molecule has 61 heavy (non-hydrogen) atoms. The van der Waals surface area contributed by atoms with Gasteiger partial charge in [-0.2, -0.15) is 5.10 Å². The lowest BCUT2D eigenvalue weighted by Gasteiger charge is -2.38. The average molecular weight is 829 g/mol. The topological polar surface area (TPSA) is 161 Å². The number of amides is 4. The number of anilines is 1. The summed E-state index contributed by atoms with van der Waals surface area (Å²) in [6.07, 6.45) is 5.04. The minimum Gasteiger partial charge on any atom is -0.375 e. The molecule has 2 N–H and O–H groups in total. The molecule has 3 aromatic carbocycles. The van der Waals surface area contributed by atoms with Gasteiger partial charge in [0.25, 0.3) is 17.4 Å². The minimum atomic E-state index is -0.614. The van der Waals surface area contributed by atoms with Crippen LogP contribution in [0.3, 0.4) is 0 Å². The number of pyridine rings is 1. The lowest BCUT2D eigenvalue weighted by molar-refractivity contribution is -0.135. The average Bonchev–Trinajstić information content (AvgIpc) is 3.28. The molecular weight excluding hydrogens is 780 g/mol. The SMILES string of the molecule is CC(=O)Nc1cc(-c2ccccc2)cnc1C(=O)N1CCC(OC2CCN(CC(=O)N3CCN(C(=O)c4cc(Cc5n[nH]c(=O)c6ccccc56)ccc4F)CC3)CC2)CC1. The van der Waals surface area contributed by atoms with E-state index in [4.69, 9.17) is 4.74 Å². The molecule has 2 aromatic heterocycles. The maximum absolute atomic E-state index is 15.0. The number of fused-ring (bicyclic) bond motifs is 1. The Labute approximate surface area is 352 Å². The first-order chi connectivity index (χ1) is 29.6. The number of hydrogen-bond acceptors (Lipinski definition) is 9. The van der Waals surface area contributed by atoms with E-state index in [-0.39, 0.29) is 53.3 Å². The Morgan fingerprint density at radius 3 is 2.10 bits per heavy atom. The second-order valence-electron chi connectivity index (χ2n) is 16.0. The summed E-state index contributed by atoms with van der Waals surface area (Å²) in [5, 5.41) is 10.7. The van der Waals surface area contributed by atoms with Crippen LogP contribution in [0.5, 0.6) is 0 Å². The van der Waals surface area contributed by atoms with Crippen molar-refractivity contribution >= 4 is 40.1 Å². The molecule has 15 heteroatoms. The van der Waals surface area contributed by atoms with Crippen LogP contribution in [0.25, 0.3) is 21.9 Å². The van der Waals surface area contributed by atoms with Crippen LogP contribution in [0, 0.1) is 5.82 Å². The summed E-state index contributed by atoms with van der Waals surface area (Å²) < 4.78 is 21.5. The second kappa shape index (κ2) is 18.5. The molecule has 3 fully saturated rings. The number of halogens is 1. The summed E-state index contributed by atoms with van der Waals surface area (Å²) >= 11 is 0. The van der Waals surface area contributed by atoms with E-state index in [0.29, 0.717) is 86.2 Å². The molecule has 3 aliphatic rings. The van der Waals surface area contributed by atoms with Crippen LogP contribution in [0.15, 0.2) is 89.9 Å². The van der Waals surface area contributed by atoms with E-state index in [9.17, 15) is 24.0 Å². The quantitative estimate of drug-likeness (QED) is 0.203. The Morgan fingerprint density at radius 2 is 1.39 bits per heavy atom. The fraction of sp³-hybridized carbons (Fsp3) is 0.370. The van der Waals surface area contributed by atoms with E-state index in [2.05, 4.69) is 25.4 Å². The van der Waals surface area contributed by atoms with Gasteiger partial charge in [-0.15, -0.1) is 0 Å². The van der Waals surface area contributed by atoms with Crippen LogP contribution >= 0.6 is 0 Å². The van der Waals surface area contributed by atoms with Gasteiger partial charge in [0.2, 0.25) is 11.8 Å². The minimum absolute atomic E-state index is 0.00293. The van der Waals surface area contributed by atoms with E-state index in [1.807, 2.05) is 42.5 Å². The number of nitrogens with zero attached hydrogens (tertiary/aromatic N) is 6. The number of hydrogen-bond donors (Lipinski definition) is 2. The van der Waals surface area contributed by atoms with Crippen LogP contribution in [0.2, 0.25) is 0 Å². The Hall–Kier alpha value is -6.32. The van der Waals surface area contributed by atoms with Crippen molar-refractivity contribution in [2.75, 3.05) is 64.2 Å². The highest BCUT2D eigenvalue weighted by molar-refractivity contribution is 6.02. The molecule has 3 aliphatic heterocycles. The summed E-state index contributed by atoms with van der Waals surface area (Å²) in [7, 11) is 0. The van der Waals surface area contributed by atoms with Gasteiger partial charge in [0, 0.05) is 82.8 Å². The highest BCUT2D eigenvalue weighted by atomic mass is 19.1. The zero-order valence-electron chi connectivity index (χ0n) is 34.1. The monoisotopic (exact) mass is 828 g/mol. The van der Waals surface area contributed by atoms with Gasteiger partial charge in [0.05, 0.1) is 41.1 Å². The summed E-state index contributed by atoms with van der Waals surface area (Å²) in [5.41, 5.74) is 3.34. The number of piperazine rings is 1. The van der Waals surface area contributed by atoms with E-state index in [1.54, 1.807) is 51.2 Å². The fourth-order valence-corrected chi connectivity index (χ4v) is 8.50. The van der Waals surface area contributed by atoms with Crippen LogP contribution < -0.4 is 10.9 Å². The first kappa shape index (κ1) is 41.4. The van der Waals surface area contributed by atoms with Crippen LogP contribution in [-0.2, 0) is 20.7 Å². The van der Waals surface area contributed by atoms with Gasteiger partial charge in [-0.1, -0.05) is 54.6 Å². The third-order valence-electron chi connectivity index (χ3n) is 11.8. The first-order valence-electron chi connectivity index (χ1n) is 20.9. The predicted molar refractivity (Wildman–Crippen MR) is 228 cm³/mol. The van der Waals surface area contributed by atoms with Crippen molar-refractivity contribution in [2.45, 2.75) is 51.2 Å². The van der Waals surface area contributed by atoms with Gasteiger partial charge < -0.3 is 24.8 Å². The molecule has 0 spiro atoms. The molecule has 5 heterocycles. The van der Waals surface area contributed by atoms with Gasteiger partial charge in [0.15, 0.2) is 5.69 Å².